The lowest BCUT2D eigenvalue weighted by Crippen LogP contribution is -2.29. The van der Waals surface area contributed by atoms with E-state index in [1.54, 1.807) is 0 Å². The largest absolute Gasteiger partial charge is 0.466 e. The third kappa shape index (κ3) is 30.3. The second-order valence-electron chi connectivity index (χ2n) is 12.4. The van der Waals surface area contributed by atoms with Crippen molar-refractivity contribution < 1.29 is 24.2 Å². The van der Waals surface area contributed by atoms with Gasteiger partial charge < -0.3 is 19.5 Å². The lowest BCUT2D eigenvalue weighted by Gasteiger charge is -2.21. The summed E-state index contributed by atoms with van der Waals surface area (Å²) in [6.07, 6.45) is 27.9. The number of unbranched alkanes of at least 4 members (excludes halogenated alkanes) is 18. The van der Waals surface area contributed by atoms with Gasteiger partial charge in [0.05, 0.1) is 19.3 Å². The number of hydrogen-bond donors (Lipinski definition) is 1. The van der Waals surface area contributed by atoms with Gasteiger partial charge in [-0.3, -0.25) is 9.59 Å². The van der Waals surface area contributed by atoms with Gasteiger partial charge >= 0.3 is 11.9 Å². The summed E-state index contributed by atoms with van der Waals surface area (Å²) >= 11 is 0. The standard InChI is InChI=1S/C36H71NO5/c1-4-6-8-10-14-20-26-34(3)42-36(40)28-22-16-13-18-24-30-37(31-32-38)29-23-17-12-15-21-27-35(39)41-33-25-19-11-9-7-5-2/h34,38H,4-33H2,1-3H3. The number of ether oxygens (including phenoxy) is 2. The molecule has 0 amide bonds. The van der Waals surface area contributed by atoms with Crippen molar-refractivity contribution in [3.05, 3.63) is 0 Å². The number of rotatable bonds is 33. The first-order valence-electron chi connectivity index (χ1n) is 18.2. The van der Waals surface area contributed by atoms with Gasteiger partial charge in [0.2, 0.25) is 0 Å². The molecular formula is C36H71NO5. The SMILES string of the molecule is CCCCCCCCOC(=O)CCCCCCCN(CCO)CCCCCCCC(=O)OC(C)CCCCCCCC. The number of aliphatic hydroxyl groups excluding tert-OH is 1. The van der Waals surface area contributed by atoms with Crippen LogP contribution in [0.15, 0.2) is 0 Å². The molecule has 0 aromatic rings. The Morgan fingerprint density at radius 3 is 1.57 bits per heavy atom. The summed E-state index contributed by atoms with van der Waals surface area (Å²) in [5, 5.41) is 9.44. The lowest BCUT2D eigenvalue weighted by molar-refractivity contribution is -0.148. The average Bonchev–Trinajstić information content (AvgIpc) is 2.97. The molecule has 42 heavy (non-hydrogen) atoms. The Morgan fingerprint density at radius 2 is 1.02 bits per heavy atom. The van der Waals surface area contributed by atoms with Gasteiger partial charge in [-0.2, -0.15) is 0 Å². The number of nitrogens with zero attached hydrogens (tertiary/aromatic N) is 1. The summed E-state index contributed by atoms with van der Waals surface area (Å²) in [7, 11) is 0. The molecule has 0 aliphatic rings. The minimum absolute atomic E-state index is 0.0361. The maximum absolute atomic E-state index is 12.1. The van der Waals surface area contributed by atoms with Gasteiger partial charge in [-0.05, 0) is 65.0 Å². The van der Waals surface area contributed by atoms with Crippen LogP contribution in [0.1, 0.15) is 181 Å². The molecule has 0 saturated carbocycles. The number of esters is 2. The fraction of sp³-hybridized carbons (Fsp3) is 0.944. The summed E-state index contributed by atoms with van der Waals surface area (Å²) in [5.41, 5.74) is 0. The van der Waals surface area contributed by atoms with Gasteiger partial charge in [0.1, 0.15) is 0 Å². The van der Waals surface area contributed by atoms with Gasteiger partial charge in [-0.25, -0.2) is 0 Å². The van der Waals surface area contributed by atoms with Gasteiger partial charge in [0.25, 0.3) is 0 Å². The number of carbonyl (C=O) groups is 2. The minimum Gasteiger partial charge on any atom is -0.466 e. The van der Waals surface area contributed by atoms with Gasteiger partial charge in [0.15, 0.2) is 0 Å². The van der Waals surface area contributed by atoms with Crippen LogP contribution in [0.2, 0.25) is 0 Å². The fourth-order valence-corrected chi connectivity index (χ4v) is 5.44. The molecular weight excluding hydrogens is 526 g/mol. The van der Waals surface area contributed by atoms with Crippen LogP contribution in [0.5, 0.6) is 0 Å². The van der Waals surface area contributed by atoms with Crippen molar-refractivity contribution in [3.8, 4) is 0 Å². The highest BCUT2D eigenvalue weighted by molar-refractivity contribution is 5.69. The molecule has 1 unspecified atom stereocenters. The predicted octanol–water partition coefficient (Wildman–Crippen LogP) is 9.55. The molecule has 0 rings (SSSR count). The van der Waals surface area contributed by atoms with Crippen LogP contribution in [0.25, 0.3) is 0 Å². The Hall–Kier alpha value is -1.14. The predicted molar refractivity (Wildman–Crippen MR) is 177 cm³/mol. The zero-order valence-corrected chi connectivity index (χ0v) is 28.3. The monoisotopic (exact) mass is 598 g/mol. The van der Waals surface area contributed by atoms with Gasteiger partial charge in [-0.1, -0.05) is 117 Å². The minimum atomic E-state index is -0.0361. The van der Waals surface area contributed by atoms with E-state index >= 15 is 0 Å². The Bertz CT molecular complexity index is 585. The first kappa shape index (κ1) is 40.9. The van der Waals surface area contributed by atoms with Crippen LogP contribution in [-0.4, -0.2) is 60.9 Å². The van der Waals surface area contributed by atoms with Crippen LogP contribution in [0.3, 0.4) is 0 Å². The Balaban J connectivity index is 3.63. The zero-order chi connectivity index (χ0) is 30.9. The molecule has 0 fully saturated rings. The van der Waals surface area contributed by atoms with Gasteiger partial charge in [0, 0.05) is 19.4 Å². The van der Waals surface area contributed by atoms with Crippen molar-refractivity contribution in [3.63, 3.8) is 0 Å². The molecule has 0 heterocycles. The molecule has 0 aliphatic carbocycles. The molecule has 0 spiro atoms. The Labute approximate surface area is 261 Å². The highest BCUT2D eigenvalue weighted by Gasteiger charge is 2.10. The van der Waals surface area contributed by atoms with E-state index in [-0.39, 0.29) is 24.6 Å². The average molecular weight is 598 g/mol. The second kappa shape index (κ2) is 32.8. The number of hydrogen-bond acceptors (Lipinski definition) is 6. The highest BCUT2D eigenvalue weighted by Crippen LogP contribution is 2.13. The second-order valence-corrected chi connectivity index (χ2v) is 12.4. The molecule has 0 radical (unpaired) electrons. The quantitative estimate of drug-likeness (QED) is 0.0600. The molecule has 0 aliphatic heterocycles. The topological polar surface area (TPSA) is 76.1 Å². The summed E-state index contributed by atoms with van der Waals surface area (Å²) in [5.74, 6) is -0.0722. The molecule has 0 bridgehead atoms. The van der Waals surface area contributed by atoms with Crippen LogP contribution in [0.4, 0.5) is 0 Å². The summed E-state index contributed by atoms with van der Waals surface area (Å²) in [6.45, 7) is 10.1. The first-order chi connectivity index (χ1) is 20.5. The molecule has 0 aromatic carbocycles. The van der Waals surface area contributed by atoms with E-state index in [1.165, 1.54) is 70.6 Å². The van der Waals surface area contributed by atoms with Crippen LogP contribution < -0.4 is 0 Å². The maximum Gasteiger partial charge on any atom is 0.306 e. The molecule has 6 heteroatoms. The molecule has 0 saturated heterocycles. The summed E-state index contributed by atoms with van der Waals surface area (Å²) < 4.78 is 10.9. The van der Waals surface area contributed by atoms with Crippen molar-refractivity contribution in [1.82, 2.24) is 4.90 Å². The van der Waals surface area contributed by atoms with Crippen molar-refractivity contribution >= 4 is 11.9 Å². The van der Waals surface area contributed by atoms with Crippen molar-refractivity contribution in [1.29, 1.82) is 0 Å². The van der Waals surface area contributed by atoms with E-state index in [1.807, 2.05) is 6.92 Å². The molecule has 250 valence electrons. The maximum atomic E-state index is 12.1. The Morgan fingerprint density at radius 1 is 0.571 bits per heavy atom. The zero-order valence-electron chi connectivity index (χ0n) is 28.3. The molecule has 1 atom stereocenters. The van der Waals surface area contributed by atoms with Gasteiger partial charge in [-0.15, -0.1) is 0 Å². The van der Waals surface area contributed by atoms with Crippen molar-refractivity contribution in [2.75, 3.05) is 32.8 Å². The summed E-state index contributed by atoms with van der Waals surface area (Å²) in [4.78, 5) is 26.3. The highest BCUT2D eigenvalue weighted by atomic mass is 16.5. The fourth-order valence-electron chi connectivity index (χ4n) is 5.44. The van der Waals surface area contributed by atoms with E-state index in [2.05, 4.69) is 18.7 Å². The van der Waals surface area contributed by atoms with Crippen LogP contribution in [-0.2, 0) is 19.1 Å². The third-order valence-corrected chi connectivity index (χ3v) is 8.18. The smallest absolute Gasteiger partial charge is 0.306 e. The van der Waals surface area contributed by atoms with E-state index < -0.39 is 0 Å². The van der Waals surface area contributed by atoms with E-state index in [0.717, 1.165) is 96.7 Å². The lowest BCUT2D eigenvalue weighted by atomic mass is 10.1. The van der Waals surface area contributed by atoms with E-state index in [0.29, 0.717) is 19.4 Å². The van der Waals surface area contributed by atoms with E-state index in [9.17, 15) is 14.7 Å². The van der Waals surface area contributed by atoms with Crippen LogP contribution >= 0.6 is 0 Å². The van der Waals surface area contributed by atoms with Crippen molar-refractivity contribution in [2.45, 2.75) is 187 Å². The Kier molecular flexibility index (Phi) is 31.9. The number of carbonyl (C=O) groups excluding carboxylic acids is 2. The normalized spacial score (nSPS) is 12.1. The third-order valence-electron chi connectivity index (χ3n) is 8.18. The molecule has 1 N–H and O–H groups in total. The molecule has 0 aromatic heterocycles. The van der Waals surface area contributed by atoms with Crippen molar-refractivity contribution in [2.24, 2.45) is 0 Å². The number of aliphatic hydroxyl groups is 1. The van der Waals surface area contributed by atoms with Crippen LogP contribution in [0, 0.1) is 0 Å². The molecule has 6 nitrogen and oxygen atoms in total. The summed E-state index contributed by atoms with van der Waals surface area (Å²) in [6, 6.07) is 0. The van der Waals surface area contributed by atoms with E-state index in [4.69, 9.17) is 9.47 Å². The first-order valence-corrected chi connectivity index (χ1v) is 18.2.